The van der Waals surface area contributed by atoms with Crippen molar-refractivity contribution < 1.29 is 9.21 Å². The van der Waals surface area contributed by atoms with Gasteiger partial charge in [0.15, 0.2) is 11.5 Å². The average Bonchev–Trinajstić information content (AvgIpc) is 2.82. The van der Waals surface area contributed by atoms with E-state index in [2.05, 4.69) is 6.92 Å². The van der Waals surface area contributed by atoms with E-state index in [1.807, 2.05) is 13.0 Å². The van der Waals surface area contributed by atoms with Gasteiger partial charge in [0.2, 0.25) is 0 Å². The number of unbranched alkanes of at least 4 members (excludes halogenated alkanes) is 5. The van der Waals surface area contributed by atoms with Crippen LogP contribution in [0.3, 0.4) is 0 Å². The van der Waals surface area contributed by atoms with Crippen LogP contribution < -0.4 is 0 Å². The van der Waals surface area contributed by atoms with Gasteiger partial charge in [-0.25, -0.2) is 0 Å². The van der Waals surface area contributed by atoms with Crippen LogP contribution in [0.25, 0.3) is 0 Å². The third-order valence-electron chi connectivity index (χ3n) is 3.04. The van der Waals surface area contributed by atoms with Crippen molar-refractivity contribution in [2.24, 2.45) is 0 Å². The normalized spacial score (nSPS) is 10.7. The number of carbonyl (C=O) groups excluding carboxylic acids is 1. The number of carbonyl (C=O) groups is 1. The van der Waals surface area contributed by atoms with Gasteiger partial charge < -0.3 is 4.42 Å². The predicted octanol–water partition coefficient (Wildman–Crippen LogP) is 4.78. The molecule has 1 aromatic rings. The summed E-state index contributed by atoms with van der Waals surface area (Å²) in [4.78, 5) is 11.8. The molecule has 1 aromatic heterocycles. The van der Waals surface area contributed by atoms with Crippen LogP contribution in [0.4, 0.5) is 0 Å². The maximum Gasteiger partial charge on any atom is 0.197 e. The van der Waals surface area contributed by atoms with Gasteiger partial charge in [0.05, 0.1) is 0 Å². The molecule has 0 aliphatic rings. The lowest BCUT2D eigenvalue weighted by Gasteiger charge is -1.99. The van der Waals surface area contributed by atoms with Crippen LogP contribution in [-0.4, -0.2) is 5.78 Å². The molecule has 0 spiro atoms. The number of ketones is 1. The van der Waals surface area contributed by atoms with Crippen LogP contribution in [-0.2, 0) is 6.42 Å². The van der Waals surface area contributed by atoms with Crippen LogP contribution in [0.1, 0.15) is 75.1 Å². The Morgan fingerprint density at radius 1 is 1.06 bits per heavy atom. The Labute approximate surface area is 104 Å². The highest BCUT2D eigenvalue weighted by Gasteiger charge is 2.09. The second kappa shape index (κ2) is 8.10. The summed E-state index contributed by atoms with van der Waals surface area (Å²) in [6, 6.07) is 3.70. The summed E-state index contributed by atoms with van der Waals surface area (Å²) in [7, 11) is 0. The summed E-state index contributed by atoms with van der Waals surface area (Å²) in [5.74, 6) is 1.59. The van der Waals surface area contributed by atoms with Crippen molar-refractivity contribution in [2.75, 3.05) is 0 Å². The van der Waals surface area contributed by atoms with Crippen molar-refractivity contribution in [3.8, 4) is 0 Å². The molecule has 0 aromatic carbocycles. The molecule has 0 atom stereocenters. The van der Waals surface area contributed by atoms with Crippen molar-refractivity contribution in [1.82, 2.24) is 0 Å². The number of rotatable bonds is 9. The fraction of sp³-hybridized carbons (Fsp3) is 0.667. The topological polar surface area (TPSA) is 30.2 Å². The van der Waals surface area contributed by atoms with E-state index in [1.54, 1.807) is 6.07 Å². The van der Waals surface area contributed by atoms with Gasteiger partial charge in [-0.15, -0.1) is 0 Å². The highest BCUT2D eigenvalue weighted by Crippen LogP contribution is 2.13. The van der Waals surface area contributed by atoms with E-state index in [0.29, 0.717) is 12.2 Å². The molecular weight excluding hydrogens is 212 g/mol. The number of furan rings is 1. The summed E-state index contributed by atoms with van der Waals surface area (Å²) < 4.78 is 5.44. The van der Waals surface area contributed by atoms with E-state index in [0.717, 1.165) is 25.0 Å². The van der Waals surface area contributed by atoms with E-state index in [-0.39, 0.29) is 5.78 Å². The Bertz CT molecular complexity index is 325. The maximum absolute atomic E-state index is 11.8. The Balaban J connectivity index is 2.16. The molecule has 96 valence electrons. The first kappa shape index (κ1) is 14.0. The van der Waals surface area contributed by atoms with Crippen LogP contribution >= 0.6 is 0 Å². The first-order chi connectivity index (χ1) is 8.27. The zero-order chi connectivity index (χ0) is 12.5. The lowest BCUT2D eigenvalue weighted by atomic mass is 10.1. The van der Waals surface area contributed by atoms with Crippen molar-refractivity contribution >= 4 is 5.78 Å². The van der Waals surface area contributed by atoms with Crippen LogP contribution in [0.5, 0.6) is 0 Å². The lowest BCUT2D eigenvalue weighted by molar-refractivity contribution is 0.0950. The quantitative estimate of drug-likeness (QED) is 0.456. The van der Waals surface area contributed by atoms with Crippen molar-refractivity contribution in [3.63, 3.8) is 0 Å². The molecule has 0 aliphatic heterocycles. The Hall–Kier alpha value is -1.05. The third kappa shape index (κ3) is 5.20. The number of Topliss-reactive ketones (excluding diaryl/α,β-unsaturated/α-hetero) is 1. The minimum absolute atomic E-state index is 0.153. The molecule has 0 unspecified atom stereocenters. The van der Waals surface area contributed by atoms with E-state index in [1.165, 1.54) is 25.7 Å². The molecule has 0 aliphatic carbocycles. The minimum Gasteiger partial charge on any atom is -0.458 e. The summed E-state index contributed by atoms with van der Waals surface area (Å²) in [6.07, 6.45) is 8.76. The molecule has 2 nitrogen and oxygen atoms in total. The van der Waals surface area contributed by atoms with Crippen molar-refractivity contribution in [1.29, 1.82) is 0 Å². The summed E-state index contributed by atoms with van der Waals surface area (Å²) in [5.41, 5.74) is 0. The van der Waals surface area contributed by atoms with Crippen molar-refractivity contribution in [3.05, 3.63) is 23.7 Å². The van der Waals surface area contributed by atoms with Crippen LogP contribution in [0.2, 0.25) is 0 Å². The first-order valence-electron chi connectivity index (χ1n) is 6.89. The predicted molar refractivity (Wildman–Crippen MR) is 70.4 cm³/mol. The Morgan fingerprint density at radius 2 is 1.76 bits per heavy atom. The van der Waals surface area contributed by atoms with Gasteiger partial charge in [0.25, 0.3) is 0 Å². The maximum atomic E-state index is 11.8. The Kier molecular flexibility index (Phi) is 6.68. The zero-order valence-electron chi connectivity index (χ0n) is 11.1. The van der Waals surface area contributed by atoms with Gasteiger partial charge in [-0.2, -0.15) is 0 Å². The van der Waals surface area contributed by atoms with Gasteiger partial charge in [0.1, 0.15) is 5.76 Å². The second-order valence-corrected chi connectivity index (χ2v) is 4.56. The van der Waals surface area contributed by atoms with Gasteiger partial charge >= 0.3 is 0 Å². The molecule has 1 heterocycles. The number of hydrogen-bond acceptors (Lipinski definition) is 2. The molecule has 0 N–H and O–H groups in total. The monoisotopic (exact) mass is 236 g/mol. The molecule has 0 saturated carbocycles. The fourth-order valence-electron chi connectivity index (χ4n) is 1.91. The van der Waals surface area contributed by atoms with Crippen LogP contribution in [0, 0.1) is 0 Å². The van der Waals surface area contributed by atoms with Gasteiger partial charge in [0, 0.05) is 12.8 Å². The highest BCUT2D eigenvalue weighted by molar-refractivity contribution is 5.93. The number of hydrogen-bond donors (Lipinski definition) is 0. The van der Waals surface area contributed by atoms with E-state index in [4.69, 9.17) is 4.42 Å². The smallest absolute Gasteiger partial charge is 0.197 e. The van der Waals surface area contributed by atoms with E-state index >= 15 is 0 Å². The first-order valence-corrected chi connectivity index (χ1v) is 6.89. The van der Waals surface area contributed by atoms with E-state index < -0.39 is 0 Å². The zero-order valence-corrected chi connectivity index (χ0v) is 11.1. The molecule has 0 fully saturated rings. The lowest BCUT2D eigenvalue weighted by Crippen LogP contribution is -1.96. The van der Waals surface area contributed by atoms with Crippen molar-refractivity contribution in [2.45, 2.75) is 65.2 Å². The molecule has 2 heteroatoms. The second-order valence-electron chi connectivity index (χ2n) is 4.56. The summed E-state index contributed by atoms with van der Waals surface area (Å²) >= 11 is 0. The third-order valence-corrected chi connectivity index (χ3v) is 3.04. The standard InChI is InChI=1S/C15H24O2/c1-3-5-6-7-8-9-10-14(16)15-12-11-13(4-2)17-15/h11-12H,3-10H2,1-2H3. The number of aryl methyl sites for hydroxylation is 1. The van der Waals surface area contributed by atoms with Gasteiger partial charge in [-0.1, -0.05) is 46.0 Å². The summed E-state index contributed by atoms with van der Waals surface area (Å²) in [5, 5.41) is 0. The fourth-order valence-corrected chi connectivity index (χ4v) is 1.91. The molecule has 0 saturated heterocycles. The molecule has 0 amide bonds. The molecule has 0 radical (unpaired) electrons. The highest BCUT2D eigenvalue weighted by atomic mass is 16.3. The molecular formula is C15H24O2. The van der Waals surface area contributed by atoms with Crippen LogP contribution in [0.15, 0.2) is 16.5 Å². The summed E-state index contributed by atoms with van der Waals surface area (Å²) in [6.45, 7) is 4.24. The SMILES string of the molecule is CCCCCCCCC(=O)c1ccc(CC)o1. The van der Waals surface area contributed by atoms with Gasteiger partial charge in [-0.05, 0) is 18.6 Å². The molecule has 0 bridgehead atoms. The largest absolute Gasteiger partial charge is 0.458 e. The molecule has 1 rings (SSSR count). The minimum atomic E-state index is 0.153. The Morgan fingerprint density at radius 3 is 2.41 bits per heavy atom. The molecule has 17 heavy (non-hydrogen) atoms. The van der Waals surface area contributed by atoms with Gasteiger partial charge in [-0.3, -0.25) is 4.79 Å². The average molecular weight is 236 g/mol. The van der Waals surface area contributed by atoms with E-state index in [9.17, 15) is 4.79 Å².